The first kappa shape index (κ1) is 16.5. The Morgan fingerprint density at radius 1 is 1.08 bits per heavy atom. The maximum absolute atomic E-state index is 12.6. The van der Waals surface area contributed by atoms with Crippen LogP contribution in [0.15, 0.2) is 66.0 Å². The monoisotopic (exact) mass is 337 g/mol. The summed E-state index contributed by atoms with van der Waals surface area (Å²) in [6.07, 6.45) is 1.55. The van der Waals surface area contributed by atoms with Crippen molar-refractivity contribution in [3.63, 3.8) is 0 Å². The second-order valence-electron chi connectivity index (χ2n) is 5.64. The van der Waals surface area contributed by atoms with Crippen LogP contribution >= 0.6 is 11.8 Å². The van der Waals surface area contributed by atoms with Crippen molar-refractivity contribution in [2.75, 3.05) is 7.05 Å². The van der Waals surface area contributed by atoms with Gasteiger partial charge in [-0.15, -0.1) is 0 Å². The van der Waals surface area contributed by atoms with E-state index in [1.165, 1.54) is 11.8 Å². The standard InChI is InChI=1S/C19H19N3OS/c1-14(19(23)22(2)12-15-8-4-3-5-9-15)24-18-16-10-6-7-11-17(16)20-13-21-18/h3-11,13-14H,12H2,1-2H3. The van der Waals surface area contributed by atoms with Gasteiger partial charge in [-0.1, -0.05) is 60.3 Å². The van der Waals surface area contributed by atoms with Crippen LogP contribution in [-0.4, -0.2) is 33.1 Å². The van der Waals surface area contributed by atoms with E-state index in [1.54, 1.807) is 11.2 Å². The van der Waals surface area contributed by atoms with Gasteiger partial charge in [0.15, 0.2) is 0 Å². The molecule has 1 heterocycles. The van der Waals surface area contributed by atoms with Crippen LogP contribution in [0.4, 0.5) is 0 Å². The highest BCUT2D eigenvalue weighted by molar-refractivity contribution is 8.00. The summed E-state index contributed by atoms with van der Waals surface area (Å²) >= 11 is 1.48. The van der Waals surface area contributed by atoms with E-state index in [9.17, 15) is 4.79 Å². The maximum Gasteiger partial charge on any atom is 0.235 e. The van der Waals surface area contributed by atoms with Crippen molar-refractivity contribution in [3.8, 4) is 0 Å². The molecule has 0 saturated heterocycles. The van der Waals surface area contributed by atoms with E-state index < -0.39 is 0 Å². The molecular weight excluding hydrogens is 318 g/mol. The molecule has 0 aliphatic rings. The largest absolute Gasteiger partial charge is 0.340 e. The molecule has 122 valence electrons. The van der Waals surface area contributed by atoms with Gasteiger partial charge >= 0.3 is 0 Å². The number of hydrogen-bond acceptors (Lipinski definition) is 4. The highest BCUT2D eigenvalue weighted by atomic mass is 32.2. The number of hydrogen-bond donors (Lipinski definition) is 0. The van der Waals surface area contributed by atoms with Gasteiger partial charge < -0.3 is 4.90 Å². The number of nitrogens with zero attached hydrogens (tertiary/aromatic N) is 3. The third-order valence-corrected chi connectivity index (χ3v) is 4.89. The number of thioether (sulfide) groups is 1. The molecule has 24 heavy (non-hydrogen) atoms. The molecular formula is C19H19N3OS. The fourth-order valence-corrected chi connectivity index (χ4v) is 3.56. The van der Waals surface area contributed by atoms with E-state index in [-0.39, 0.29) is 11.2 Å². The zero-order valence-electron chi connectivity index (χ0n) is 13.7. The van der Waals surface area contributed by atoms with Crippen molar-refractivity contribution in [1.29, 1.82) is 0 Å². The Balaban J connectivity index is 1.71. The first-order valence-electron chi connectivity index (χ1n) is 7.80. The van der Waals surface area contributed by atoms with Gasteiger partial charge in [0.25, 0.3) is 0 Å². The van der Waals surface area contributed by atoms with Gasteiger partial charge in [0.05, 0.1) is 10.8 Å². The number of benzene rings is 2. The molecule has 0 N–H and O–H groups in total. The van der Waals surface area contributed by atoms with Gasteiger partial charge in [-0.3, -0.25) is 4.79 Å². The fraction of sp³-hybridized carbons (Fsp3) is 0.211. The van der Waals surface area contributed by atoms with E-state index in [4.69, 9.17) is 0 Å². The van der Waals surface area contributed by atoms with Gasteiger partial charge in [0, 0.05) is 19.0 Å². The lowest BCUT2D eigenvalue weighted by molar-refractivity contribution is -0.129. The van der Waals surface area contributed by atoms with Crippen LogP contribution in [-0.2, 0) is 11.3 Å². The number of para-hydroxylation sites is 1. The first-order valence-corrected chi connectivity index (χ1v) is 8.68. The van der Waals surface area contributed by atoms with Crippen molar-refractivity contribution in [3.05, 3.63) is 66.5 Å². The fourth-order valence-electron chi connectivity index (χ4n) is 2.54. The van der Waals surface area contributed by atoms with Crippen LogP contribution in [0, 0.1) is 0 Å². The highest BCUT2D eigenvalue weighted by Crippen LogP contribution is 2.28. The smallest absolute Gasteiger partial charge is 0.235 e. The molecule has 3 rings (SSSR count). The molecule has 1 amide bonds. The molecule has 0 spiro atoms. The number of amides is 1. The minimum Gasteiger partial charge on any atom is -0.340 e. The van der Waals surface area contributed by atoms with E-state index in [1.807, 2.05) is 68.6 Å². The Bertz CT molecular complexity index is 833. The zero-order chi connectivity index (χ0) is 16.9. The van der Waals surface area contributed by atoms with Crippen LogP contribution in [0.1, 0.15) is 12.5 Å². The van der Waals surface area contributed by atoms with E-state index in [0.29, 0.717) is 6.54 Å². The molecule has 0 aliphatic heterocycles. The molecule has 3 aromatic rings. The second kappa shape index (κ2) is 7.45. The van der Waals surface area contributed by atoms with E-state index >= 15 is 0 Å². The average Bonchev–Trinajstić information content (AvgIpc) is 2.62. The normalized spacial score (nSPS) is 12.1. The number of carbonyl (C=O) groups excluding carboxylic acids is 1. The number of fused-ring (bicyclic) bond motifs is 1. The topological polar surface area (TPSA) is 46.1 Å². The summed E-state index contributed by atoms with van der Waals surface area (Å²) in [5.41, 5.74) is 2.02. The van der Waals surface area contributed by atoms with Gasteiger partial charge in [-0.05, 0) is 18.6 Å². The third-order valence-electron chi connectivity index (χ3n) is 3.78. The zero-order valence-corrected chi connectivity index (χ0v) is 14.5. The summed E-state index contributed by atoms with van der Waals surface area (Å²) < 4.78 is 0. The predicted molar refractivity (Wildman–Crippen MR) is 97.8 cm³/mol. The van der Waals surface area contributed by atoms with Crippen LogP contribution in [0.5, 0.6) is 0 Å². The summed E-state index contributed by atoms with van der Waals surface area (Å²) in [6.45, 7) is 2.53. The Morgan fingerprint density at radius 2 is 1.79 bits per heavy atom. The Morgan fingerprint density at radius 3 is 2.58 bits per heavy atom. The molecule has 2 aromatic carbocycles. The molecule has 1 atom stereocenters. The molecule has 1 unspecified atom stereocenters. The van der Waals surface area contributed by atoms with Crippen molar-refractivity contribution in [2.24, 2.45) is 0 Å². The number of rotatable bonds is 5. The minimum atomic E-state index is -0.211. The van der Waals surface area contributed by atoms with E-state index in [2.05, 4.69) is 9.97 Å². The van der Waals surface area contributed by atoms with Crippen molar-refractivity contribution in [2.45, 2.75) is 23.7 Å². The summed E-state index contributed by atoms with van der Waals surface area (Å²) in [5, 5.41) is 1.61. The lowest BCUT2D eigenvalue weighted by atomic mass is 10.2. The SMILES string of the molecule is CC(Sc1ncnc2ccccc12)C(=O)N(C)Cc1ccccc1. The van der Waals surface area contributed by atoms with Gasteiger partial charge in [-0.2, -0.15) is 0 Å². The minimum absolute atomic E-state index is 0.0894. The third kappa shape index (κ3) is 3.74. The average molecular weight is 337 g/mol. The van der Waals surface area contributed by atoms with Crippen molar-refractivity contribution in [1.82, 2.24) is 14.9 Å². The Labute approximate surface area is 145 Å². The Hall–Kier alpha value is -2.40. The predicted octanol–water partition coefficient (Wildman–Crippen LogP) is 3.77. The Kier molecular flexibility index (Phi) is 5.11. The number of aromatic nitrogens is 2. The summed E-state index contributed by atoms with van der Waals surface area (Å²) in [5.74, 6) is 0.0894. The number of carbonyl (C=O) groups is 1. The molecule has 4 nitrogen and oxygen atoms in total. The van der Waals surface area contributed by atoms with Crippen LogP contribution in [0.3, 0.4) is 0 Å². The molecule has 0 radical (unpaired) electrons. The lowest BCUT2D eigenvalue weighted by Gasteiger charge is -2.21. The quantitative estimate of drug-likeness (QED) is 0.525. The molecule has 0 saturated carbocycles. The summed E-state index contributed by atoms with van der Waals surface area (Å²) in [6, 6.07) is 17.9. The highest BCUT2D eigenvalue weighted by Gasteiger charge is 2.20. The molecule has 0 bridgehead atoms. The van der Waals surface area contributed by atoms with Crippen molar-refractivity contribution >= 4 is 28.6 Å². The molecule has 0 aliphatic carbocycles. The second-order valence-corrected chi connectivity index (χ2v) is 6.97. The van der Waals surface area contributed by atoms with Gasteiger partial charge in [0.1, 0.15) is 11.4 Å². The molecule has 0 fully saturated rings. The van der Waals surface area contributed by atoms with Crippen LogP contribution in [0.2, 0.25) is 0 Å². The van der Waals surface area contributed by atoms with E-state index in [0.717, 1.165) is 21.5 Å². The summed E-state index contributed by atoms with van der Waals surface area (Å²) in [4.78, 5) is 23.0. The molecule has 5 heteroatoms. The van der Waals surface area contributed by atoms with Gasteiger partial charge in [-0.25, -0.2) is 9.97 Å². The summed E-state index contributed by atoms with van der Waals surface area (Å²) in [7, 11) is 1.84. The molecule has 1 aromatic heterocycles. The van der Waals surface area contributed by atoms with Gasteiger partial charge in [0.2, 0.25) is 5.91 Å². The van der Waals surface area contributed by atoms with Crippen LogP contribution in [0.25, 0.3) is 10.9 Å². The first-order chi connectivity index (χ1) is 11.6. The maximum atomic E-state index is 12.6. The lowest BCUT2D eigenvalue weighted by Crippen LogP contribution is -2.32. The van der Waals surface area contributed by atoms with Crippen molar-refractivity contribution < 1.29 is 4.79 Å². The van der Waals surface area contributed by atoms with Crippen LogP contribution < -0.4 is 0 Å².